The predicted molar refractivity (Wildman–Crippen MR) is 137 cm³/mol. The number of carbonyl (C=O) groups excluding carboxylic acids is 6. The van der Waals surface area contributed by atoms with Gasteiger partial charge < -0.3 is 38.5 Å². The van der Waals surface area contributed by atoms with Crippen molar-refractivity contribution in [2.75, 3.05) is 41.7 Å². The van der Waals surface area contributed by atoms with Crippen molar-refractivity contribution in [3.63, 3.8) is 0 Å². The minimum Gasteiger partial charge on any atom is -0.482 e. The quantitative estimate of drug-likeness (QED) is 0.186. The number of methoxy groups -OCH3 is 4. The van der Waals surface area contributed by atoms with Crippen LogP contribution < -0.4 is 14.8 Å². The minimum atomic E-state index is -2.05. The molecular weight excluding hydrogens is 546 g/mol. The summed E-state index contributed by atoms with van der Waals surface area (Å²) in [6, 6.07) is 10.3. The number of nitrogens with one attached hydrogen (secondary N) is 1. The van der Waals surface area contributed by atoms with Gasteiger partial charge in [0.05, 0.1) is 34.0 Å². The molecule has 2 atom stereocenters. The van der Waals surface area contributed by atoms with E-state index in [0.29, 0.717) is 11.3 Å². The summed E-state index contributed by atoms with van der Waals surface area (Å²) in [6.07, 6.45) is -2.12. The van der Waals surface area contributed by atoms with Crippen molar-refractivity contribution in [1.29, 1.82) is 0 Å². The summed E-state index contributed by atoms with van der Waals surface area (Å²) in [5.41, 5.74) is 0.517. The second kappa shape index (κ2) is 16.1. The number of amides is 1. The average molecular weight is 576 g/mol. The van der Waals surface area contributed by atoms with Gasteiger partial charge in [-0.25, -0.2) is 24.0 Å². The van der Waals surface area contributed by atoms with E-state index in [4.69, 9.17) is 18.9 Å². The molecule has 0 aliphatic carbocycles. The first-order chi connectivity index (χ1) is 19.6. The van der Waals surface area contributed by atoms with Crippen LogP contribution in [0.25, 0.3) is 0 Å². The zero-order chi connectivity index (χ0) is 30.4. The standard InChI is InChI=1S/C27H29NO13/c1-35-21(29)14-39-18-9-5-16(6-10-18)13-20(26(33)37-3)28-24(31)23(27(34)38-4)41-25(32)17-7-11-19(12-8-17)40-15-22(30)36-2/h5-12,20,23H,13-15H2,1-4H3,(H,28,31). The van der Waals surface area contributed by atoms with E-state index in [1.807, 2.05) is 0 Å². The van der Waals surface area contributed by atoms with Crippen LogP contribution in [0.1, 0.15) is 15.9 Å². The van der Waals surface area contributed by atoms with Gasteiger partial charge in [-0.2, -0.15) is 0 Å². The number of hydrogen-bond acceptors (Lipinski definition) is 13. The highest BCUT2D eigenvalue weighted by Crippen LogP contribution is 2.16. The van der Waals surface area contributed by atoms with Crippen LogP contribution in [0.15, 0.2) is 48.5 Å². The van der Waals surface area contributed by atoms with Gasteiger partial charge in [-0.1, -0.05) is 12.1 Å². The number of ether oxygens (including phenoxy) is 7. The molecule has 1 amide bonds. The highest BCUT2D eigenvalue weighted by atomic mass is 16.6. The maximum Gasteiger partial charge on any atom is 0.357 e. The highest BCUT2D eigenvalue weighted by molar-refractivity contribution is 6.05. The molecule has 0 radical (unpaired) electrons. The molecule has 0 bridgehead atoms. The molecule has 41 heavy (non-hydrogen) atoms. The normalized spacial score (nSPS) is 11.6. The Balaban J connectivity index is 2.10. The predicted octanol–water partition coefficient (Wildman–Crippen LogP) is 0.389. The summed E-state index contributed by atoms with van der Waals surface area (Å²) >= 11 is 0. The molecule has 0 heterocycles. The summed E-state index contributed by atoms with van der Waals surface area (Å²) in [5.74, 6) is -4.76. The van der Waals surface area contributed by atoms with Gasteiger partial charge in [0.15, 0.2) is 13.2 Å². The third-order valence-corrected chi connectivity index (χ3v) is 5.30. The molecule has 14 heteroatoms. The molecule has 0 fully saturated rings. The van der Waals surface area contributed by atoms with Crippen molar-refractivity contribution in [3.8, 4) is 11.5 Å². The van der Waals surface area contributed by atoms with Gasteiger partial charge in [0, 0.05) is 6.42 Å². The molecule has 1 N–H and O–H groups in total. The largest absolute Gasteiger partial charge is 0.482 e. The fourth-order valence-electron chi connectivity index (χ4n) is 3.12. The first-order valence-electron chi connectivity index (χ1n) is 11.9. The lowest BCUT2D eigenvalue weighted by atomic mass is 10.1. The van der Waals surface area contributed by atoms with Gasteiger partial charge in [-0.15, -0.1) is 0 Å². The molecule has 0 spiro atoms. The number of benzene rings is 2. The zero-order valence-corrected chi connectivity index (χ0v) is 22.7. The summed E-state index contributed by atoms with van der Waals surface area (Å²) < 4.78 is 33.9. The van der Waals surface area contributed by atoms with E-state index in [-0.39, 0.29) is 30.9 Å². The summed E-state index contributed by atoms with van der Waals surface area (Å²) in [6.45, 7) is -0.642. The van der Waals surface area contributed by atoms with Gasteiger partial charge >= 0.3 is 29.8 Å². The molecule has 0 aromatic heterocycles. The fourth-order valence-corrected chi connectivity index (χ4v) is 3.12. The summed E-state index contributed by atoms with van der Waals surface area (Å²) in [7, 11) is 4.54. The van der Waals surface area contributed by atoms with Gasteiger partial charge in [-0.05, 0) is 42.0 Å². The lowest BCUT2D eigenvalue weighted by Crippen LogP contribution is -2.50. The highest BCUT2D eigenvalue weighted by Gasteiger charge is 2.35. The molecule has 14 nitrogen and oxygen atoms in total. The lowest BCUT2D eigenvalue weighted by molar-refractivity contribution is -0.158. The summed E-state index contributed by atoms with van der Waals surface area (Å²) in [4.78, 5) is 72.8. The van der Waals surface area contributed by atoms with E-state index in [0.717, 1.165) is 14.2 Å². The maximum absolute atomic E-state index is 13.0. The molecule has 2 unspecified atom stereocenters. The first kappa shape index (κ1) is 32.1. The number of rotatable bonds is 14. The van der Waals surface area contributed by atoms with Crippen LogP contribution in [-0.2, 0) is 54.1 Å². The average Bonchev–Trinajstić information content (AvgIpc) is 3.00. The second-order valence-corrected chi connectivity index (χ2v) is 7.99. The van der Waals surface area contributed by atoms with E-state index in [2.05, 4.69) is 19.5 Å². The molecular formula is C27H29NO13. The van der Waals surface area contributed by atoms with Crippen molar-refractivity contribution in [2.45, 2.75) is 18.6 Å². The van der Waals surface area contributed by atoms with Gasteiger partial charge in [0.2, 0.25) is 0 Å². The topological polar surface area (TPSA) is 179 Å². The third-order valence-electron chi connectivity index (χ3n) is 5.30. The van der Waals surface area contributed by atoms with E-state index in [1.54, 1.807) is 24.3 Å². The van der Waals surface area contributed by atoms with Gasteiger partial charge in [0.1, 0.15) is 17.5 Å². The Bertz CT molecular complexity index is 1220. The Morgan fingerprint density at radius 2 is 1.15 bits per heavy atom. The fraction of sp³-hybridized carbons (Fsp3) is 0.333. The monoisotopic (exact) mass is 575 g/mol. The Morgan fingerprint density at radius 1 is 0.659 bits per heavy atom. The van der Waals surface area contributed by atoms with Crippen LogP contribution >= 0.6 is 0 Å². The third kappa shape index (κ3) is 10.2. The summed E-state index contributed by atoms with van der Waals surface area (Å²) in [5, 5.41) is 2.34. The van der Waals surface area contributed by atoms with Gasteiger partial charge in [-0.3, -0.25) is 4.79 Å². The zero-order valence-electron chi connectivity index (χ0n) is 22.7. The minimum absolute atomic E-state index is 0.0452. The molecule has 220 valence electrons. The number of hydrogen-bond donors (Lipinski definition) is 1. The molecule has 0 aliphatic heterocycles. The van der Waals surface area contributed by atoms with E-state index in [1.165, 1.54) is 38.5 Å². The van der Waals surface area contributed by atoms with Crippen LogP contribution in [0.5, 0.6) is 11.5 Å². The number of esters is 5. The molecule has 2 aromatic carbocycles. The Hall–Kier alpha value is -5.14. The molecule has 0 saturated heterocycles. The van der Waals surface area contributed by atoms with Crippen molar-refractivity contribution in [2.24, 2.45) is 0 Å². The number of carbonyl (C=O) groups is 6. The Labute approximate surface area is 234 Å². The Morgan fingerprint density at radius 3 is 1.61 bits per heavy atom. The van der Waals surface area contributed by atoms with E-state index >= 15 is 0 Å². The van der Waals surface area contributed by atoms with Crippen LogP contribution in [0.4, 0.5) is 0 Å². The Kier molecular flexibility index (Phi) is 12.6. The molecule has 0 saturated carbocycles. The second-order valence-electron chi connectivity index (χ2n) is 7.99. The molecule has 2 aromatic rings. The molecule has 0 aliphatic rings. The van der Waals surface area contributed by atoms with Crippen LogP contribution in [0.3, 0.4) is 0 Å². The van der Waals surface area contributed by atoms with E-state index in [9.17, 15) is 28.8 Å². The van der Waals surface area contributed by atoms with Crippen molar-refractivity contribution >= 4 is 35.8 Å². The first-order valence-corrected chi connectivity index (χ1v) is 11.9. The van der Waals surface area contributed by atoms with Crippen molar-refractivity contribution in [3.05, 3.63) is 59.7 Å². The van der Waals surface area contributed by atoms with Crippen LogP contribution in [0, 0.1) is 0 Å². The van der Waals surface area contributed by atoms with Crippen LogP contribution in [0.2, 0.25) is 0 Å². The SMILES string of the molecule is COC(=O)COc1ccc(CC(NC(=O)C(OC(=O)c2ccc(OCC(=O)OC)cc2)C(=O)OC)C(=O)OC)cc1. The van der Waals surface area contributed by atoms with Gasteiger partial charge in [0.25, 0.3) is 12.0 Å². The van der Waals surface area contributed by atoms with Crippen molar-refractivity contribution in [1.82, 2.24) is 5.32 Å². The van der Waals surface area contributed by atoms with E-state index < -0.39 is 47.9 Å². The van der Waals surface area contributed by atoms with Crippen molar-refractivity contribution < 1.29 is 61.9 Å². The lowest BCUT2D eigenvalue weighted by Gasteiger charge is -2.20. The maximum atomic E-state index is 13.0. The molecule has 2 rings (SSSR count). The van der Waals surface area contributed by atoms with Crippen LogP contribution in [-0.4, -0.2) is 89.6 Å². The smallest absolute Gasteiger partial charge is 0.357 e.